The highest BCUT2D eigenvalue weighted by Gasteiger charge is 2.55. The third-order valence-electron chi connectivity index (χ3n) is 8.83. The number of thiazole rings is 1. The molecular weight excluding hydrogens is 718 g/mol. The van der Waals surface area contributed by atoms with Gasteiger partial charge in [0, 0.05) is 42.6 Å². The molecule has 3 aliphatic heterocycles. The first-order valence-electron chi connectivity index (χ1n) is 15.2. The molecule has 0 unspecified atom stereocenters. The lowest BCUT2D eigenvalue weighted by Crippen LogP contribution is -2.71. The van der Waals surface area contributed by atoms with Gasteiger partial charge in [0.1, 0.15) is 29.4 Å². The first-order valence-corrected chi connectivity index (χ1v) is 17.5. The minimum absolute atomic E-state index is 0.00886. The lowest BCUT2D eigenvalue weighted by atomic mass is 9.98. The Hall–Kier alpha value is -4.59. The summed E-state index contributed by atoms with van der Waals surface area (Å²) in [7, 11) is 3.92. The SMILES string of the molecule is C[C@@H](O/N=C(\C(=O)N[C@@H]1C(=O)N2C(C(=O)O)=C(C[N+](C)(C)C3CCN(C(=O)c4ccc(O)c(O)c4Cl)CC3)CS[C@H]12)c1csc(N)n1)C(=O)O. The van der Waals surface area contributed by atoms with Crippen molar-refractivity contribution in [1.82, 2.24) is 20.1 Å². The molecule has 2 aromatic rings. The molecule has 3 atom stereocenters. The van der Waals surface area contributed by atoms with Crippen LogP contribution in [-0.2, 0) is 24.0 Å². The van der Waals surface area contributed by atoms with Gasteiger partial charge in [-0.15, -0.1) is 23.1 Å². The van der Waals surface area contributed by atoms with Gasteiger partial charge in [-0.1, -0.05) is 16.8 Å². The Morgan fingerprint density at radius 1 is 1.20 bits per heavy atom. The van der Waals surface area contributed by atoms with Crippen LogP contribution in [0, 0.1) is 0 Å². The fourth-order valence-electron chi connectivity index (χ4n) is 6.07. The zero-order valence-corrected chi connectivity index (χ0v) is 29.4. The predicted molar refractivity (Wildman–Crippen MR) is 182 cm³/mol. The van der Waals surface area contributed by atoms with Crippen LogP contribution in [0.1, 0.15) is 35.8 Å². The van der Waals surface area contributed by atoms with Crippen molar-refractivity contribution < 1.29 is 53.7 Å². The van der Waals surface area contributed by atoms with Crippen LogP contribution in [0.2, 0.25) is 5.02 Å². The number of phenols is 2. The van der Waals surface area contributed by atoms with Gasteiger partial charge in [-0.2, -0.15) is 0 Å². The summed E-state index contributed by atoms with van der Waals surface area (Å²) in [4.78, 5) is 75.3. The van der Waals surface area contributed by atoms with E-state index in [4.69, 9.17) is 27.3 Å². The number of aliphatic carboxylic acids is 2. The molecule has 7 N–H and O–H groups in total. The van der Waals surface area contributed by atoms with E-state index >= 15 is 0 Å². The number of aromatic nitrogens is 1. The second-order valence-corrected chi connectivity index (χ2v) is 14.8. The number of carboxylic acids is 2. The van der Waals surface area contributed by atoms with Crippen molar-refractivity contribution in [3.8, 4) is 11.5 Å². The molecule has 2 saturated heterocycles. The lowest BCUT2D eigenvalue weighted by Gasteiger charge is -2.50. The second kappa shape index (κ2) is 14.3. The molecule has 3 amide bonds. The number of nitrogens with two attached hydrogens (primary N) is 1. The fraction of sp³-hybridized carbons (Fsp3) is 0.433. The Labute approximate surface area is 298 Å². The van der Waals surface area contributed by atoms with Gasteiger partial charge in [0.2, 0.25) is 6.10 Å². The number of fused-ring (bicyclic) bond motifs is 1. The van der Waals surface area contributed by atoms with E-state index in [1.807, 2.05) is 14.1 Å². The first-order chi connectivity index (χ1) is 23.5. The van der Waals surface area contributed by atoms with Crippen LogP contribution >= 0.6 is 34.7 Å². The highest BCUT2D eigenvalue weighted by Crippen LogP contribution is 2.41. The van der Waals surface area contributed by atoms with Gasteiger partial charge in [0.15, 0.2) is 22.3 Å². The molecule has 0 radical (unpaired) electrons. The number of phenolic OH excluding ortho intramolecular Hbond substituents is 2. The van der Waals surface area contributed by atoms with Crippen LogP contribution < -0.4 is 11.1 Å². The number of carboxylic acid groups (broad SMARTS) is 2. The van der Waals surface area contributed by atoms with Gasteiger partial charge in [0.05, 0.1) is 30.7 Å². The number of nitrogens with zero attached hydrogens (tertiary/aromatic N) is 5. The number of nitrogens with one attached hydrogen (secondary N) is 1. The number of quaternary nitrogens is 1. The molecule has 268 valence electrons. The number of aromatic hydroxyl groups is 2. The molecule has 1 aromatic heterocycles. The average Bonchev–Trinajstić information content (AvgIpc) is 3.50. The summed E-state index contributed by atoms with van der Waals surface area (Å²) >= 11 is 8.41. The largest absolute Gasteiger partial charge is 0.504 e. The number of carbonyl (C=O) groups excluding carboxylic acids is 3. The molecule has 3 aliphatic rings. The number of rotatable bonds is 11. The number of hydrogen-bond donors (Lipinski definition) is 6. The van der Waals surface area contributed by atoms with Crippen molar-refractivity contribution in [2.75, 3.05) is 45.2 Å². The average molecular weight is 753 g/mol. The van der Waals surface area contributed by atoms with E-state index in [-0.39, 0.29) is 44.8 Å². The summed E-state index contributed by atoms with van der Waals surface area (Å²) in [6.07, 6.45) is -0.207. The standard InChI is InChI=1S/C30H34ClN7O10S2/c1-13(28(44)45)48-35-20(17-12-50-30(32)33-17)24(41)34-21-26(43)37-22(29(46)47)14(11-49-27(21)37)10-38(2,3)15-6-8-36(9-7-15)25(42)16-4-5-18(39)23(40)19(16)31/h4-5,12-13,15,21,27H,6-11H2,1-3H3,(H6-,32,33,34,35,39,40,41,42,44,45,46,47)/p+1/t13-,21-,27-/m1/s1. The molecule has 1 aromatic carbocycles. The molecule has 4 heterocycles. The van der Waals surface area contributed by atoms with Gasteiger partial charge in [-0.05, 0) is 19.1 Å². The van der Waals surface area contributed by atoms with E-state index in [0.717, 1.165) is 16.2 Å². The van der Waals surface area contributed by atoms with Gasteiger partial charge < -0.3 is 45.7 Å². The Balaban J connectivity index is 1.26. The fourth-order valence-corrected chi connectivity index (χ4v) is 8.19. The van der Waals surface area contributed by atoms with Crippen molar-refractivity contribution in [2.24, 2.45) is 5.16 Å². The van der Waals surface area contributed by atoms with E-state index in [1.54, 1.807) is 4.90 Å². The van der Waals surface area contributed by atoms with E-state index in [2.05, 4.69) is 15.5 Å². The lowest BCUT2D eigenvalue weighted by molar-refractivity contribution is -0.911. The Bertz CT molecular complexity index is 1810. The van der Waals surface area contributed by atoms with Crippen LogP contribution in [0.5, 0.6) is 11.5 Å². The van der Waals surface area contributed by atoms with Crippen LogP contribution in [0.25, 0.3) is 0 Å². The number of β-lactam (4-membered cyclic amide) rings is 1. The van der Waals surface area contributed by atoms with Crippen LogP contribution in [-0.4, -0.2) is 138 Å². The number of piperidine rings is 1. The number of likely N-dealkylation sites (N-methyl/N-ethyl adjacent to an activating group) is 1. The molecule has 17 nitrogen and oxygen atoms in total. The Morgan fingerprint density at radius 2 is 1.88 bits per heavy atom. The van der Waals surface area contributed by atoms with Crippen molar-refractivity contribution in [1.29, 1.82) is 0 Å². The highest BCUT2D eigenvalue weighted by atomic mass is 35.5. The van der Waals surface area contributed by atoms with E-state index in [1.165, 1.54) is 36.2 Å². The minimum atomic E-state index is -1.39. The summed E-state index contributed by atoms with van der Waals surface area (Å²) in [5.74, 6) is -5.23. The smallest absolute Gasteiger partial charge is 0.352 e. The van der Waals surface area contributed by atoms with Crippen molar-refractivity contribution in [2.45, 2.75) is 43.3 Å². The monoisotopic (exact) mass is 752 g/mol. The van der Waals surface area contributed by atoms with Gasteiger partial charge >= 0.3 is 11.9 Å². The molecule has 0 saturated carbocycles. The normalized spacial score (nSPS) is 20.6. The number of benzene rings is 1. The van der Waals surface area contributed by atoms with Gasteiger partial charge in [-0.25, -0.2) is 14.6 Å². The van der Waals surface area contributed by atoms with Gasteiger partial charge in [-0.3, -0.25) is 19.3 Å². The number of anilines is 1. The second-order valence-electron chi connectivity index (χ2n) is 12.5. The highest BCUT2D eigenvalue weighted by molar-refractivity contribution is 8.00. The molecule has 0 spiro atoms. The number of nitrogen functional groups attached to an aromatic ring is 1. The Morgan fingerprint density at radius 3 is 2.48 bits per heavy atom. The first kappa shape index (κ1) is 36.7. The maximum absolute atomic E-state index is 13.4. The number of thioether (sulfide) groups is 1. The number of hydrogen-bond acceptors (Lipinski definition) is 13. The van der Waals surface area contributed by atoms with Crippen molar-refractivity contribution >= 4 is 75.2 Å². The van der Waals surface area contributed by atoms with Crippen molar-refractivity contribution in [3.05, 3.63) is 45.1 Å². The Kier molecular flexibility index (Phi) is 10.5. The maximum Gasteiger partial charge on any atom is 0.352 e. The summed E-state index contributed by atoms with van der Waals surface area (Å²) in [6.45, 7) is 2.29. The minimum Gasteiger partial charge on any atom is -0.504 e. The molecule has 5 rings (SSSR count). The molecule has 20 heteroatoms. The van der Waals surface area contributed by atoms with E-state index in [9.17, 15) is 39.3 Å². The molecule has 0 aliphatic carbocycles. The zero-order valence-electron chi connectivity index (χ0n) is 27.0. The van der Waals surface area contributed by atoms with E-state index < -0.39 is 58.5 Å². The summed E-state index contributed by atoms with van der Waals surface area (Å²) < 4.78 is 0.383. The number of carbonyl (C=O) groups is 5. The van der Waals surface area contributed by atoms with Crippen LogP contribution in [0.4, 0.5) is 5.13 Å². The molecule has 50 heavy (non-hydrogen) atoms. The molecule has 0 bridgehead atoms. The molecular formula is C30H35ClN7O10S2+. The van der Waals surface area contributed by atoms with E-state index in [0.29, 0.717) is 42.5 Å². The third kappa shape index (κ3) is 7.16. The number of amides is 3. The molecule has 2 fully saturated rings. The quantitative estimate of drug-likeness (QED) is 0.0620. The van der Waals surface area contributed by atoms with Crippen molar-refractivity contribution in [3.63, 3.8) is 0 Å². The van der Waals surface area contributed by atoms with Gasteiger partial charge in [0.25, 0.3) is 17.7 Å². The third-order valence-corrected chi connectivity index (χ3v) is 11.2. The number of halogens is 1. The summed E-state index contributed by atoms with van der Waals surface area (Å²) in [5.41, 5.74) is 5.78. The van der Waals surface area contributed by atoms with Crippen LogP contribution in [0.15, 0.2) is 33.9 Å². The number of oxime groups is 1. The number of likely N-dealkylation sites (tertiary alicyclic amines) is 1. The topological polar surface area (TPSA) is 245 Å². The van der Waals surface area contributed by atoms with Crippen LogP contribution in [0.3, 0.4) is 0 Å². The summed E-state index contributed by atoms with van der Waals surface area (Å²) in [6, 6.07) is 1.49. The zero-order chi connectivity index (χ0) is 36.7. The summed E-state index contributed by atoms with van der Waals surface area (Å²) in [5, 5.41) is 45.8. The maximum atomic E-state index is 13.4. The predicted octanol–water partition coefficient (Wildman–Crippen LogP) is 1.10.